The van der Waals surface area contributed by atoms with Gasteiger partial charge in [0.15, 0.2) is 5.16 Å². The first-order chi connectivity index (χ1) is 10.2. The average molecular weight is 302 g/mol. The summed E-state index contributed by atoms with van der Waals surface area (Å²) in [4.78, 5) is 17.0. The summed E-state index contributed by atoms with van der Waals surface area (Å²) >= 11 is 1.60. The Bertz CT molecular complexity index is 707. The van der Waals surface area contributed by atoms with Gasteiger partial charge in [-0.25, -0.2) is 0 Å². The van der Waals surface area contributed by atoms with E-state index < -0.39 is 0 Å². The second-order valence-corrected chi connectivity index (χ2v) is 6.00. The van der Waals surface area contributed by atoms with Crippen molar-refractivity contribution in [3.8, 4) is 11.6 Å². The molecule has 110 valence electrons. The lowest BCUT2D eigenvalue weighted by Gasteiger charge is -2.11. The van der Waals surface area contributed by atoms with Crippen LogP contribution in [0, 0.1) is 0 Å². The third-order valence-electron chi connectivity index (χ3n) is 3.64. The third kappa shape index (κ3) is 2.70. The van der Waals surface area contributed by atoms with E-state index in [1.54, 1.807) is 16.3 Å². The highest BCUT2D eigenvalue weighted by atomic mass is 32.2. The average Bonchev–Trinajstić information content (AvgIpc) is 2.97. The maximum atomic E-state index is 12.4. The van der Waals surface area contributed by atoms with Crippen LogP contribution in [0.1, 0.15) is 25.0 Å². The predicted octanol–water partition coefficient (Wildman–Crippen LogP) is 3.27. The Labute approximate surface area is 128 Å². The van der Waals surface area contributed by atoms with Crippen molar-refractivity contribution >= 4 is 11.8 Å². The predicted molar refractivity (Wildman–Crippen MR) is 84.5 cm³/mol. The van der Waals surface area contributed by atoms with Gasteiger partial charge >= 0.3 is 0 Å². The van der Waals surface area contributed by atoms with Crippen molar-refractivity contribution in [2.75, 3.05) is 5.75 Å². The molecule has 1 aliphatic heterocycles. The second kappa shape index (κ2) is 5.93. The van der Waals surface area contributed by atoms with Crippen LogP contribution in [0.15, 0.2) is 34.2 Å². The summed E-state index contributed by atoms with van der Waals surface area (Å²) in [5, 5.41) is 0.761. The summed E-state index contributed by atoms with van der Waals surface area (Å²) in [7, 11) is 0. The fourth-order valence-corrected chi connectivity index (χ4v) is 3.32. The Morgan fingerprint density at radius 3 is 2.67 bits per heavy atom. The Morgan fingerprint density at radius 1 is 1.24 bits per heavy atom. The number of aryl methyl sites for hydroxylation is 1. The summed E-state index contributed by atoms with van der Waals surface area (Å²) in [5.41, 5.74) is 1.95. The van der Waals surface area contributed by atoms with Gasteiger partial charge in [0, 0.05) is 12.3 Å². The number of fused-ring (bicyclic) bond motifs is 1. The molecular weight excluding hydrogens is 284 g/mol. The summed E-state index contributed by atoms with van der Waals surface area (Å²) in [6.07, 6.45) is 1.62. The van der Waals surface area contributed by atoms with Gasteiger partial charge in [-0.3, -0.25) is 9.36 Å². The van der Waals surface area contributed by atoms with E-state index in [4.69, 9.17) is 4.74 Å². The van der Waals surface area contributed by atoms with Gasteiger partial charge in [-0.05, 0) is 30.5 Å². The first kappa shape index (κ1) is 14.2. The molecule has 1 aliphatic rings. The minimum atomic E-state index is 0.0349. The number of aromatic nitrogens is 2. The largest absolute Gasteiger partial charge is 0.438 e. The molecule has 1 aromatic carbocycles. The van der Waals surface area contributed by atoms with Crippen molar-refractivity contribution in [1.29, 1.82) is 0 Å². The van der Waals surface area contributed by atoms with Crippen LogP contribution in [-0.4, -0.2) is 15.3 Å². The van der Waals surface area contributed by atoms with Gasteiger partial charge in [0.25, 0.3) is 5.56 Å². The smallest absolute Gasteiger partial charge is 0.261 e. The number of benzene rings is 1. The van der Waals surface area contributed by atoms with E-state index in [9.17, 15) is 4.79 Å². The van der Waals surface area contributed by atoms with Crippen LogP contribution in [0.5, 0.6) is 11.6 Å². The molecule has 0 aliphatic carbocycles. The first-order valence-corrected chi connectivity index (χ1v) is 8.24. The van der Waals surface area contributed by atoms with Crippen LogP contribution >= 0.6 is 11.8 Å². The van der Waals surface area contributed by atoms with Gasteiger partial charge in [0.2, 0.25) is 5.88 Å². The lowest BCUT2D eigenvalue weighted by atomic mass is 10.2. The van der Waals surface area contributed by atoms with Gasteiger partial charge in [0.1, 0.15) is 5.75 Å². The lowest BCUT2D eigenvalue weighted by Crippen LogP contribution is -2.24. The molecule has 0 radical (unpaired) electrons. The molecule has 3 rings (SSSR count). The normalized spacial score (nSPS) is 13.2. The van der Waals surface area contributed by atoms with Crippen molar-refractivity contribution in [1.82, 2.24) is 9.55 Å². The molecule has 0 bridgehead atoms. The van der Waals surface area contributed by atoms with E-state index in [1.807, 2.05) is 31.2 Å². The van der Waals surface area contributed by atoms with Crippen LogP contribution < -0.4 is 10.3 Å². The summed E-state index contributed by atoms with van der Waals surface area (Å²) < 4.78 is 7.61. The summed E-state index contributed by atoms with van der Waals surface area (Å²) in [6.45, 7) is 4.82. The Hall–Kier alpha value is -1.75. The van der Waals surface area contributed by atoms with Crippen LogP contribution in [0.25, 0.3) is 0 Å². The minimum absolute atomic E-state index is 0.0349. The molecule has 2 heterocycles. The van der Waals surface area contributed by atoms with E-state index in [1.165, 1.54) is 5.56 Å². The molecule has 0 spiro atoms. The monoisotopic (exact) mass is 302 g/mol. The van der Waals surface area contributed by atoms with Crippen molar-refractivity contribution in [2.24, 2.45) is 0 Å². The molecule has 5 heteroatoms. The number of hydrogen-bond donors (Lipinski definition) is 0. The van der Waals surface area contributed by atoms with Gasteiger partial charge in [-0.1, -0.05) is 37.7 Å². The molecule has 21 heavy (non-hydrogen) atoms. The number of thioether (sulfide) groups is 1. The highest BCUT2D eigenvalue weighted by Gasteiger charge is 2.21. The molecule has 0 saturated carbocycles. The minimum Gasteiger partial charge on any atom is -0.438 e. The lowest BCUT2D eigenvalue weighted by molar-refractivity contribution is 0.438. The summed E-state index contributed by atoms with van der Waals surface area (Å²) in [5.74, 6) is 2.08. The molecular formula is C16H18N2O2S. The van der Waals surface area contributed by atoms with Gasteiger partial charge in [-0.15, -0.1) is 0 Å². The van der Waals surface area contributed by atoms with E-state index in [2.05, 4.69) is 11.9 Å². The zero-order chi connectivity index (χ0) is 14.8. The van der Waals surface area contributed by atoms with Crippen LogP contribution in [0.4, 0.5) is 0 Å². The highest BCUT2D eigenvalue weighted by molar-refractivity contribution is 7.99. The number of rotatable bonds is 4. The molecule has 0 amide bonds. The fraction of sp³-hybridized carbons (Fsp3) is 0.375. The first-order valence-electron chi connectivity index (χ1n) is 7.26. The van der Waals surface area contributed by atoms with E-state index >= 15 is 0 Å². The molecule has 0 fully saturated rings. The van der Waals surface area contributed by atoms with Crippen LogP contribution in [0.3, 0.4) is 0 Å². The molecule has 0 atom stereocenters. The van der Waals surface area contributed by atoms with Crippen molar-refractivity contribution < 1.29 is 4.74 Å². The van der Waals surface area contributed by atoms with Crippen molar-refractivity contribution in [3.63, 3.8) is 0 Å². The second-order valence-electron chi connectivity index (χ2n) is 4.94. The fourth-order valence-electron chi connectivity index (χ4n) is 2.38. The third-order valence-corrected chi connectivity index (χ3v) is 4.59. The van der Waals surface area contributed by atoms with Crippen molar-refractivity contribution in [2.45, 2.75) is 38.4 Å². The standard InChI is InChI=1S/C16H18N2O2S/c1-3-11-5-7-12(8-6-11)20-14-13(4-2)15(19)18-9-10-21-16(18)17-14/h5-8H,3-4,9-10H2,1-2H3. The Balaban J connectivity index is 1.97. The van der Waals surface area contributed by atoms with Gasteiger partial charge in [-0.2, -0.15) is 4.98 Å². The topological polar surface area (TPSA) is 44.1 Å². The zero-order valence-electron chi connectivity index (χ0n) is 12.3. The molecule has 4 nitrogen and oxygen atoms in total. The highest BCUT2D eigenvalue weighted by Crippen LogP contribution is 2.28. The number of nitrogens with zero attached hydrogens (tertiary/aromatic N) is 2. The summed E-state index contributed by atoms with van der Waals surface area (Å²) in [6, 6.07) is 7.93. The van der Waals surface area contributed by atoms with Crippen LogP contribution in [-0.2, 0) is 19.4 Å². The van der Waals surface area contributed by atoms with Crippen molar-refractivity contribution in [3.05, 3.63) is 45.7 Å². The van der Waals surface area contributed by atoms with E-state index in [0.717, 1.165) is 29.6 Å². The maximum Gasteiger partial charge on any atom is 0.261 e. The van der Waals surface area contributed by atoms with Crippen LogP contribution in [0.2, 0.25) is 0 Å². The number of hydrogen-bond acceptors (Lipinski definition) is 4. The number of ether oxygens (including phenoxy) is 1. The molecule has 1 aromatic heterocycles. The SMILES string of the molecule is CCc1ccc(Oc2nc3n(c(=O)c2CC)CCS3)cc1. The molecule has 0 unspecified atom stereocenters. The van der Waals surface area contributed by atoms with E-state index in [-0.39, 0.29) is 5.56 Å². The zero-order valence-corrected chi connectivity index (χ0v) is 13.1. The molecule has 2 aromatic rings. The Morgan fingerprint density at radius 2 is 2.00 bits per heavy atom. The Kier molecular flexibility index (Phi) is 4.01. The molecule has 0 N–H and O–H groups in total. The van der Waals surface area contributed by atoms with E-state index in [0.29, 0.717) is 17.9 Å². The van der Waals surface area contributed by atoms with Gasteiger partial charge in [0.05, 0.1) is 5.56 Å². The maximum absolute atomic E-state index is 12.4. The molecule has 0 saturated heterocycles. The quantitative estimate of drug-likeness (QED) is 0.813. The van der Waals surface area contributed by atoms with Gasteiger partial charge < -0.3 is 4.74 Å².